The fraction of sp³-hybridized carbons (Fsp3) is 0.500. The number of unbranched alkanes of at least 4 members (excludes halogenated alkanes) is 1. The first kappa shape index (κ1) is 15.6. The molecular formula is C14H20ClN5O. The molecule has 6 nitrogen and oxygen atoms in total. The number of nitrogens with zero attached hydrogens (tertiary/aromatic N) is 4. The van der Waals surface area contributed by atoms with Crippen LogP contribution >= 0.6 is 11.6 Å². The number of hydrogen-bond donors (Lipinski definition) is 1. The van der Waals surface area contributed by atoms with E-state index in [4.69, 9.17) is 11.6 Å². The van der Waals surface area contributed by atoms with Crippen molar-refractivity contribution in [2.75, 3.05) is 5.32 Å². The van der Waals surface area contributed by atoms with Crippen molar-refractivity contribution in [2.45, 2.75) is 46.2 Å². The Morgan fingerprint density at radius 2 is 2.10 bits per heavy atom. The Hall–Kier alpha value is -1.82. The van der Waals surface area contributed by atoms with Gasteiger partial charge in [-0.25, -0.2) is 4.68 Å². The average Bonchev–Trinajstić information content (AvgIpc) is 2.92. The number of hydrogen-bond acceptors (Lipinski definition) is 4. The molecule has 0 atom stereocenters. The molecule has 0 bridgehead atoms. The molecule has 7 heteroatoms. The molecule has 0 saturated carbocycles. The second kappa shape index (κ2) is 6.76. The quantitative estimate of drug-likeness (QED) is 0.890. The molecule has 0 aliphatic rings. The molecule has 2 aromatic rings. The second-order valence-electron chi connectivity index (χ2n) is 5.18. The summed E-state index contributed by atoms with van der Waals surface area (Å²) >= 11 is 6.13. The Bertz CT molecular complexity index is 662. The van der Waals surface area contributed by atoms with Crippen LogP contribution in [-0.2, 0) is 6.54 Å². The SMILES string of the molecule is CCCCn1ncc(Nc2cnn(C(C)C)c2)c(Cl)c1=O. The Labute approximate surface area is 128 Å². The van der Waals surface area contributed by atoms with Crippen molar-refractivity contribution in [1.29, 1.82) is 0 Å². The molecule has 1 N–H and O–H groups in total. The number of anilines is 2. The highest BCUT2D eigenvalue weighted by molar-refractivity contribution is 6.33. The van der Waals surface area contributed by atoms with Gasteiger partial charge >= 0.3 is 0 Å². The van der Waals surface area contributed by atoms with Gasteiger partial charge in [-0.2, -0.15) is 10.2 Å². The largest absolute Gasteiger partial charge is 0.350 e. The zero-order valence-electron chi connectivity index (χ0n) is 12.5. The van der Waals surface area contributed by atoms with E-state index < -0.39 is 0 Å². The van der Waals surface area contributed by atoms with Crippen LogP contribution in [-0.4, -0.2) is 19.6 Å². The average molecular weight is 310 g/mol. The van der Waals surface area contributed by atoms with Gasteiger partial charge < -0.3 is 5.32 Å². The van der Waals surface area contributed by atoms with Gasteiger partial charge in [-0.15, -0.1) is 0 Å². The molecule has 0 amide bonds. The molecule has 21 heavy (non-hydrogen) atoms. The van der Waals surface area contributed by atoms with Gasteiger partial charge in [0.25, 0.3) is 5.56 Å². The van der Waals surface area contributed by atoms with Crippen LogP contribution in [0.15, 0.2) is 23.4 Å². The van der Waals surface area contributed by atoms with Gasteiger partial charge in [-0.05, 0) is 20.3 Å². The van der Waals surface area contributed by atoms with E-state index in [1.165, 1.54) is 4.68 Å². The molecule has 0 fully saturated rings. The number of nitrogens with one attached hydrogen (secondary N) is 1. The number of halogens is 1. The van der Waals surface area contributed by atoms with E-state index >= 15 is 0 Å². The monoisotopic (exact) mass is 309 g/mol. The molecule has 2 aromatic heterocycles. The standard InChI is InChI=1S/C14H20ClN5O/c1-4-5-6-19-14(21)13(15)12(8-17-19)18-11-7-16-20(9-11)10(2)3/h7-10,18H,4-6H2,1-3H3. The highest BCUT2D eigenvalue weighted by Crippen LogP contribution is 2.21. The number of rotatable bonds is 6. The normalized spacial score (nSPS) is 11.1. The summed E-state index contributed by atoms with van der Waals surface area (Å²) in [6.07, 6.45) is 7.03. The van der Waals surface area contributed by atoms with Crippen molar-refractivity contribution in [3.05, 3.63) is 34.0 Å². The van der Waals surface area contributed by atoms with E-state index in [1.807, 2.05) is 24.7 Å². The van der Waals surface area contributed by atoms with Crippen molar-refractivity contribution >= 4 is 23.0 Å². The molecule has 0 aliphatic carbocycles. The van der Waals surface area contributed by atoms with Gasteiger partial charge in [0.05, 0.1) is 23.8 Å². The van der Waals surface area contributed by atoms with E-state index in [0.717, 1.165) is 18.5 Å². The maximum atomic E-state index is 12.1. The molecule has 0 spiro atoms. The number of aromatic nitrogens is 4. The van der Waals surface area contributed by atoms with Gasteiger partial charge in [0.1, 0.15) is 5.02 Å². The maximum absolute atomic E-state index is 12.1. The topological polar surface area (TPSA) is 64.7 Å². The molecule has 0 unspecified atom stereocenters. The summed E-state index contributed by atoms with van der Waals surface area (Å²) in [6, 6.07) is 0.274. The third kappa shape index (κ3) is 3.64. The first-order chi connectivity index (χ1) is 10.0. The molecule has 0 radical (unpaired) electrons. The second-order valence-corrected chi connectivity index (χ2v) is 5.56. The van der Waals surface area contributed by atoms with Crippen LogP contribution in [0.25, 0.3) is 0 Å². The Morgan fingerprint density at radius 3 is 2.71 bits per heavy atom. The molecule has 114 valence electrons. The third-order valence-electron chi connectivity index (χ3n) is 3.12. The predicted molar refractivity (Wildman–Crippen MR) is 84.3 cm³/mol. The molecule has 0 aromatic carbocycles. The fourth-order valence-corrected chi connectivity index (χ4v) is 2.05. The van der Waals surface area contributed by atoms with Gasteiger partial charge in [0.2, 0.25) is 0 Å². The van der Waals surface area contributed by atoms with Crippen LogP contribution in [0, 0.1) is 0 Å². The molecule has 0 saturated heterocycles. The molecular weight excluding hydrogens is 290 g/mol. The van der Waals surface area contributed by atoms with Gasteiger partial charge in [-0.3, -0.25) is 9.48 Å². The van der Waals surface area contributed by atoms with Crippen molar-refractivity contribution in [1.82, 2.24) is 19.6 Å². The Kier molecular flexibility index (Phi) is 5.01. The van der Waals surface area contributed by atoms with E-state index in [0.29, 0.717) is 12.2 Å². The smallest absolute Gasteiger partial charge is 0.287 e. The highest BCUT2D eigenvalue weighted by atomic mass is 35.5. The van der Waals surface area contributed by atoms with Crippen LogP contribution in [0.4, 0.5) is 11.4 Å². The van der Waals surface area contributed by atoms with Crippen molar-refractivity contribution < 1.29 is 0 Å². The van der Waals surface area contributed by atoms with Gasteiger partial charge in [-0.1, -0.05) is 24.9 Å². The molecule has 2 heterocycles. The van der Waals surface area contributed by atoms with Crippen molar-refractivity contribution in [2.24, 2.45) is 0 Å². The van der Waals surface area contributed by atoms with Gasteiger partial charge in [0, 0.05) is 18.8 Å². The van der Waals surface area contributed by atoms with E-state index in [2.05, 4.69) is 22.4 Å². The first-order valence-electron chi connectivity index (χ1n) is 7.09. The van der Waals surface area contributed by atoms with E-state index in [1.54, 1.807) is 12.4 Å². The van der Waals surface area contributed by atoms with Crippen LogP contribution in [0.2, 0.25) is 5.02 Å². The first-order valence-corrected chi connectivity index (χ1v) is 7.47. The predicted octanol–water partition coefficient (Wildman–Crippen LogP) is 3.22. The zero-order chi connectivity index (χ0) is 15.4. The van der Waals surface area contributed by atoms with Crippen LogP contribution in [0.1, 0.15) is 39.7 Å². The lowest BCUT2D eigenvalue weighted by molar-refractivity contribution is 0.532. The molecule has 0 aliphatic heterocycles. The third-order valence-corrected chi connectivity index (χ3v) is 3.48. The Morgan fingerprint density at radius 1 is 1.33 bits per heavy atom. The van der Waals surface area contributed by atoms with E-state index in [9.17, 15) is 4.79 Å². The Balaban J connectivity index is 2.20. The zero-order valence-corrected chi connectivity index (χ0v) is 13.3. The summed E-state index contributed by atoms with van der Waals surface area (Å²) in [4.78, 5) is 12.1. The van der Waals surface area contributed by atoms with Gasteiger partial charge in [0.15, 0.2) is 0 Å². The summed E-state index contributed by atoms with van der Waals surface area (Å²) in [5.74, 6) is 0. The fourth-order valence-electron chi connectivity index (χ4n) is 1.86. The lowest BCUT2D eigenvalue weighted by Crippen LogP contribution is -2.23. The summed E-state index contributed by atoms with van der Waals surface area (Å²) in [5.41, 5.74) is 1.00. The summed E-state index contributed by atoms with van der Waals surface area (Å²) in [5, 5.41) is 11.6. The van der Waals surface area contributed by atoms with Crippen molar-refractivity contribution in [3.8, 4) is 0 Å². The minimum Gasteiger partial charge on any atom is -0.350 e. The summed E-state index contributed by atoms with van der Waals surface area (Å²) in [7, 11) is 0. The summed E-state index contributed by atoms with van der Waals surface area (Å²) in [6.45, 7) is 6.73. The molecule has 2 rings (SSSR count). The summed E-state index contributed by atoms with van der Waals surface area (Å²) < 4.78 is 3.22. The van der Waals surface area contributed by atoms with Crippen LogP contribution in [0.3, 0.4) is 0 Å². The van der Waals surface area contributed by atoms with Crippen molar-refractivity contribution in [3.63, 3.8) is 0 Å². The lowest BCUT2D eigenvalue weighted by atomic mass is 10.3. The maximum Gasteiger partial charge on any atom is 0.287 e. The highest BCUT2D eigenvalue weighted by Gasteiger charge is 2.10. The van der Waals surface area contributed by atoms with Crippen LogP contribution in [0.5, 0.6) is 0 Å². The van der Waals surface area contributed by atoms with Crippen LogP contribution < -0.4 is 10.9 Å². The number of aryl methyl sites for hydroxylation is 1. The minimum atomic E-state index is -0.272. The lowest BCUT2D eigenvalue weighted by Gasteiger charge is -2.09. The van der Waals surface area contributed by atoms with E-state index in [-0.39, 0.29) is 16.6 Å². The minimum absolute atomic E-state index is 0.151.